The van der Waals surface area contributed by atoms with Gasteiger partial charge in [-0.1, -0.05) is 30.0 Å². The van der Waals surface area contributed by atoms with Gasteiger partial charge in [-0.25, -0.2) is 4.39 Å². The topological polar surface area (TPSA) is 60.2 Å². The second-order valence-electron chi connectivity index (χ2n) is 8.16. The molecule has 1 aliphatic carbocycles. The zero-order valence-corrected chi connectivity index (χ0v) is 18.8. The number of carbonyl (C=O) groups is 1. The molecule has 8 heteroatoms. The number of rotatable bonds is 6. The highest BCUT2D eigenvalue weighted by atomic mass is 32.2. The van der Waals surface area contributed by atoms with Gasteiger partial charge in [0.2, 0.25) is 5.95 Å². The summed E-state index contributed by atoms with van der Waals surface area (Å²) in [4.78, 5) is 15.3. The number of thioether (sulfide) groups is 1. The van der Waals surface area contributed by atoms with Gasteiger partial charge in [0.25, 0.3) is 0 Å². The summed E-state index contributed by atoms with van der Waals surface area (Å²) in [6, 6.07) is 12.4. The molecule has 3 aromatic rings. The summed E-state index contributed by atoms with van der Waals surface area (Å²) in [6.45, 7) is 4.46. The Morgan fingerprint density at radius 2 is 1.91 bits per heavy atom. The van der Waals surface area contributed by atoms with Crippen LogP contribution in [0.4, 0.5) is 10.3 Å². The zero-order valence-electron chi connectivity index (χ0n) is 18.0. The number of hydrogen-bond donors (Lipinski definition) is 0. The average Bonchev–Trinajstić information content (AvgIpc) is 3.45. The molecule has 1 saturated heterocycles. The SMILES string of the molecule is C[C@H](Sc1nnc(N2CCOCC2)n1-c1cccc(F)c1)C(=O)c1ccc2c(c1)CCC2. The van der Waals surface area contributed by atoms with Gasteiger partial charge < -0.3 is 9.64 Å². The monoisotopic (exact) mass is 452 g/mol. The van der Waals surface area contributed by atoms with Crippen molar-refractivity contribution in [1.29, 1.82) is 0 Å². The van der Waals surface area contributed by atoms with E-state index in [1.165, 1.54) is 35.0 Å². The second kappa shape index (κ2) is 9.03. The first-order valence-electron chi connectivity index (χ1n) is 11.0. The van der Waals surface area contributed by atoms with Crippen molar-refractivity contribution in [3.05, 3.63) is 65.0 Å². The molecule has 5 rings (SSSR count). The minimum atomic E-state index is -0.358. The van der Waals surface area contributed by atoms with Crippen molar-refractivity contribution in [3.8, 4) is 5.69 Å². The summed E-state index contributed by atoms with van der Waals surface area (Å²) in [5.41, 5.74) is 4.00. The molecule has 32 heavy (non-hydrogen) atoms. The molecular formula is C24H25FN4O2S. The van der Waals surface area contributed by atoms with E-state index in [2.05, 4.69) is 21.2 Å². The summed E-state index contributed by atoms with van der Waals surface area (Å²) < 4.78 is 21.3. The number of aromatic nitrogens is 3. The van der Waals surface area contributed by atoms with E-state index in [-0.39, 0.29) is 16.9 Å². The molecule has 0 radical (unpaired) electrons. The largest absolute Gasteiger partial charge is 0.378 e. The minimum absolute atomic E-state index is 0.0615. The first kappa shape index (κ1) is 21.2. The number of morpholine rings is 1. The van der Waals surface area contributed by atoms with Gasteiger partial charge in [-0.3, -0.25) is 9.36 Å². The molecule has 0 spiro atoms. The molecule has 1 aliphatic heterocycles. The number of benzene rings is 2. The van der Waals surface area contributed by atoms with Crippen molar-refractivity contribution in [1.82, 2.24) is 14.8 Å². The lowest BCUT2D eigenvalue weighted by atomic mass is 10.0. The number of anilines is 1. The fourth-order valence-corrected chi connectivity index (χ4v) is 5.26. The molecule has 1 aromatic heterocycles. The first-order chi connectivity index (χ1) is 15.6. The third-order valence-corrected chi connectivity index (χ3v) is 7.05. The van der Waals surface area contributed by atoms with Crippen LogP contribution in [0.25, 0.3) is 5.69 Å². The predicted molar refractivity (Wildman–Crippen MR) is 122 cm³/mol. The van der Waals surface area contributed by atoms with Crippen LogP contribution in [-0.4, -0.2) is 52.1 Å². The number of fused-ring (bicyclic) bond motifs is 1. The highest BCUT2D eigenvalue weighted by Crippen LogP contribution is 2.32. The Balaban J connectivity index is 1.45. The zero-order chi connectivity index (χ0) is 22.1. The summed E-state index contributed by atoms with van der Waals surface area (Å²) >= 11 is 1.35. The van der Waals surface area contributed by atoms with E-state index in [0.29, 0.717) is 43.1 Å². The van der Waals surface area contributed by atoms with Crippen molar-refractivity contribution >= 4 is 23.5 Å². The number of Topliss-reactive ketones (excluding diaryl/α,β-unsaturated/α-hetero) is 1. The summed E-state index contributed by atoms with van der Waals surface area (Å²) in [7, 11) is 0. The number of nitrogens with zero attached hydrogens (tertiary/aromatic N) is 4. The Bertz CT molecular complexity index is 1140. The van der Waals surface area contributed by atoms with Crippen molar-refractivity contribution in [2.75, 3.05) is 31.2 Å². The fraction of sp³-hybridized carbons (Fsp3) is 0.375. The third kappa shape index (κ3) is 4.17. The van der Waals surface area contributed by atoms with Gasteiger partial charge in [0.1, 0.15) is 5.82 Å². The highest BCUT2D eigenvalue weighted by Gasteiger charge is 2.26. The molecule has 2 aromatic carbocycles. The minimum Gasteiger partial charge on any atom is -0.378 e. The maximum Gasteiger partial charge on any atom is 0.232 e. The molecule has 0 amide bonds. The van der Waals surface area contributed by atoms with Crippen LogP contribution in [0.2, 0.25) is 0 Å². The molecule has 2 heterocycles. The highest BCUT2D eigenvalue weighted by molar-refractivity contribution is 8.00. The molecule has 6 nitrogen and oxygen atoms in total. The lowest BCUT2D eigenvalue weighted by Crippen LogP contribution is -2.37. The van der Waals surface area contributed by atoms with Gasteiger partial charge in [0.05, 0.1) is 24.2 Å². The van der Waals surface area contributed by atoms with E-state index < -0.39 is 0 Å². The molecule has 2 aliphatic rings. The van der Waals surface area contributed by atoms with Crippen LogP contribution in [-0.2, 0) is 17.6 Å². The molecule has 1 atom stereocenters. The van der Waals surface area contributed by atoms with Crippen LogP contribution < -0.4 is 4.90 Å². The van der Waals surface area contributed by atoms with Crippen molar-refractivity contribution < 1.29 is 13.9 Å². The Kier molecular flexibility index (Phi) is 5.97. The van der Waals surface area contributed by atoms with E-state index in [1.807, 2.05) is 29.7 Å². The van der Waals surface area contributed by atoms with E-state index in [4.69, 9.17) is 4.74 Å². The standard InChI is InChI=1S/C24H25FN4O2S/c1-16(22(30)19-9-8-17-4-2-5-18(17)14-19)32-24-27-26-23(28-10-12-31-13-11-28)29(24)21-7-3-6-20(25)15-21/h3,6-9,14-16H,2,4-5,10-13H2,1H3/t16-/m0/s1. The third-order valence-electron chi connectivity index (χ3n) is 6.01. The Hall–Kier alpha value is -2.71. The van der Waals surface area contributed by atoms with Crippen LogP contribution >= 0.6 is 11.8 Å². The van der Waals surface area contributed by atoms with Gasteiger partial charge in [-0.2, -0.15) is 0 Å². The van der Waals surface area contributed by atoms with Crippen molar-refractivity contribution in [2.45, 2.75) is 36.6 Å². The van der Waals surface area contributed by atoms with Gasteiger partial charge in [0.15, 0.2) is 10.9 Å². The van der Waals surface area contributed by atoms with Crippen LogP contribution in [0.5, 0.6) is 0 Å². The Labute approximate surface area is 190 Å². The van der Waals surface area contributed by atoms with E-state index >= 15 is 0 Å². The lowest BCUT2D eigenvalue weighted by molar-refractivity contribution is 0.0993. The molecule has 1 fully saturated rings. The number of carbonyl (C=O) groups excluding carboxylic acids is 1. The average molecular weight is 453 g/mol. The van der Waals surface area contributed by atoms with Crippen molar-refractivity contribution in [2.24, 2.45) is 0 Å². The van der Waals surface area contributed by atoms with Gasteiger partial charge in [-0.15, -0.1) is 10.2 Å². The number of ether oxygens (including phenoxy) is 1. The van der Waals surface area contributed by atoms with Crippen LogP contribution in [0.3, 0.4) is 0 Å². The van der Waals surface area contributed by atoms with E-state index in [9.17, 15) is 9.18 Å². The second-order valence-corrected chi connectivity index (χ2v) is 9.47. The molecule has 0 bridgehead atoms. The summed E-state index contributed by atoms with van der Waals surface area (Å²) in [6.07, 6.45) is 3.28. The number of aryl methyl sites for hydroxylation is 2. The van der Waals surface area contributed by atoms with Gasteiger partial charge >= 0.3 is 0 Å². The number of ketones is 1. The van der Waals surface area contributed by atoms with Crippen LogP contribution in [0, 0.1) is 5.82 Å². The normalized spacial score (nSPS) is 16.8. The first-order valence-corrected chi connectivity index (χ1v) is 11.8. The Morgan fingerprint density at radius 1 is 1.09 bits per heavy atom. The van der Waals surface area contributed by atoms with Crippen LogP contribution in [0.15, 0.2) is 47.6 Å². The maximum absolute atomic E-state index is 14.0. The summed E-state index contributed by atoms with van der Waals surface area (Å²) in [5, 5.41) is 9.01. The van der Waals surface area contributed by atoms with Crippen molar-refractivity contribution in [3.63, 3.8) is 0 Å². The number of hydrogen-bond acceptors (Lipinski definition) is 6. The molecule has 0 N–H and O–H groups in total. The number of halogens is 1. The van der Waals surface area contributed by atoms with Gasteiger partial charge in [-0.05, 0) is 61.6 Å². The van der Waals surface area contributed by atoms with E-state index in [0.717, 1.165) is 24.8 Å². The van der Waals surface area contributed by atoms with Crippen LogP contribution in [0.1, 0.15) is 34.8 Å². The molecule has 166 valence electrons. The quantitative estimate of drug-likeness (QED) is 0.415. The smallest absolute Gasteiger partial charge is 0.232 e. The lowest BCUT2D eigenvalue weighted by Gasteiger charge is -2.28. The molecular weight excluding hydrogens is 427 g/mol. The summed E-state index contributed by atoms with van der Waals surface area (Å²) in [5.74, 6) is 0.368. The molecule has 0 unspecified atom stereocenters. The Morgan fingerprint density at radius 3 is 2.72 bits per heavy atom. The fourth-order valence-electron chi connectivity index (χ4n) is 4.32. The van der Waals surface area contributed by atoms with E-state index in [1.54, 1.807) is 6.07 Å². The molecule has 0 saturated carbocycles. The van der Waals surface area contributed by atoms with Gasteiger partial charge in [0, 0.05) is 18.7 Å². The maximum atomic E-state index is 14.0. The predicted octanol–water partition coefficient (Wildman–Crippen LogP) is 4.10.